The fraction of sp³-hybridized carbons (Fsp3) is 0.579. The molecule has 4 heteroatoms. The Bertz CT molecular complexity index is 527. The van der Waals surface area contributed by atoms with Gasteiger partial charge in [-0.3, -0.25) is 4.79 Å². The van der Waals surface area contributed by atoms with Crippen molar-refractivity contribution in [3.63, 3.8) is 0 Å². The molecule has 126 valence electrons. The van der Waals surface area contributed by atoms with Crippen LogP contribution in [0.4, 0.5) is 0 Å². The summed E-state index contributed by atoms with van der Waals surface area (Å²) in [5.74, 6) is -0.287. The van der Waals surface area contributed by atoms with E-state index in [9.17, 15) is 9.59 Å². The number of rotatable bonds is 2. The first-order valence-corrected chi connectivity index (χ1v) is 9.74. The maximum atomic E-state index is 12.4. The first-order valence-electron chi connectivity index (χ1n) is 8.66. The highest BCUT2D eigenvalue weighted by atomic mass is 127. The normalized spacial score (nSPS) is 21.1. The minimum absolute atomic E-state index is 0.0878. The summed E-state index contributed by atoms with van der Waals surface area (Å²) in [6, 6.07) is 7.34. The van der Waals surface area contributed by atoms with Crippen LogP contribution in [0.15, 0.2) is 24.3 Å². The highest BCUT2D eigenvalue weighted by Crippen LogP contribution is 2.19. The summed E-state index contributed by atoms with van der Waals surface area (Å²) in [7, 11) is 0. The number of hydrogen-bond acceptors (Lipinski definition) is 3. The molecule has 0 saturated heterocycles. The van der Waals surface area contributed by atoms with Gasteiger partial charge in [-0.15, -0.1) is 0 Å². The topological polar surface area (TPSA) is 43.4 Å². The van der Waals surface area contributed by atoms with Gasteiger partial charge in [-0.1, -0.05) is 50.7 Å². The average molecular weight is 428 g/mol. The van der Waals surface area contributed by atoms with Gasteiger partial charge in [0, 0.05) is 9.99 Å². The van der Waals surface area contributed by atoms with Crippen molar-refractivity contribution in [1.29, 1.82) is 0 Å². The first kappa shape index (κ1) is 18.4. The Morgan fingerprint density at radius 2 is 1.57 bits per heavy atom. The van der Waals surface area contributed by atoms with Gasteiger partial charge >= 0.3 is 5.97 Å². The number of benzene rings is 1. The number of carbonyl (C=O) groups is 2. The maximum absolute atomic E-state index is 12.4. The van der Waals surface area contributed by atoms with Gasteiger partial charge in [0.15, 0.2) is 11.9 Å². The Morgan fingerprint density at radius 3 is 2.26 bits per heavy atom. The molecule has 0 bridgehead atoms. The molecule has 0 radical (unpaired) electrons. The predicted octanol–water partition coefficient (Wildman–Crippen LogP) is 5.30. The van der Waals surface area contributed by atoms with E-state index in [0.717, 1.165) is 29.3 Å². The van der Waals surface area contributed by atoms with Crippen molar-refractivity contribution in [2.24, 2.45) is 0 Å². The number of Topliss-reactive ketones (excluding diaryl/α,β-unsaturated/α-hetero) is 1. The van der Waals surface area contributed by atoms with Gasteiger partial charge in [0.25, 0.3) is 0 Å². The Labute approximate surface area is 152 Å². The lowest BCUT2D eigenvalue weighted by molar-refractivity contribution is -0.128. The van der Waals surface area contributed by atoms with Gasteiger partial charge in [0.2, 0.25) is 0 Å². The third kappa shape index (κ3) is 6.24. The standard InChI is InChI=1S/C19H25IO3/c20-16-12-10-9-11-15(16)19(22)23-18-14-8-6-4-2-1-3-5-7-13-17(18)21/h9-12,18H,1-8,13-14H2. The lowest BCUT2D eigenvalue weighted by Crippen LogP contribution is -2.28. The SMILES string of the molecule is O=C(OC1CCCCCCCCCCC1=O)c1ccccc1I. The molecule has 1 atom stereocenters. The van der Waals surface area contributed by atoms with Crippen LogP contribution in [-0.4, -0.2) is 17.9 Å². The zero-order chi connectivity index (χ0) is 16.5. The van der Waals surface area contributed by atoms with Gasteiger partial charge < -0.3 is 4.74 Å². The molecule has 3 nitrogen and oxygen atoms in total. The molecule has 2 rings (SSSR count). The van der Waals surface area contributed by atoms with E-state index in [1.165, 1.54) is 25.7 Å². The lowest BCUT2D eigenvalue weighted by Gasteiger charge is -2.18. The molecule has 1 fully saturated rings. The summed E-state index contributed by atoms with van der Waals surface area (Å²) in [6.07, 6.45) is 9.68. The van der Waals surface area contributed by atoms with Crippen LogP contribution in [0.2, 0.25) is 0 Å². The second-order valence-electron chi connectivity index (χ2n) is 6.21. The van der Waals surface area contributed by atoms with E-state index in [0.29, 0.717) is 18.4 Å². The number of ketones is 1. The lowest BCUT2D eigenvalue weighted by atomic mass is 9.98. The Hall–Kier alpha value is -0.910. The molecular formula is C19H25IO3. The highest BCUT2D eigenvalue weighted by molar-refractivity contribution is 14.1. The summed E-state index contributed by atoms with van der Waals surface area (Å²) >= 11 is 2.12. The van der Waals surface area contributed by atoms with Crippen LogP contribution in [-0.2, 0) is 9.53 Å². The zero-order valence-electron chi connectivity index (χ0n) is 13.6. The van der Waals surface area contributed by atoms with Crippen molar-refractivity contribution in [3.8, 4) is 0 Å². The summed E-state index contributed by atoms with van der Waals surface area (Å²) in [5, 5.41) is 0. The van der Waals surface area contributed by atoms with Gasteiger partial charge in [0.05, 0.1) is 5.56 Å². The van der Waals surface area contributed by atoms with Crippen molar-refractivity contribution in [3.05, 3.63) is 33.4 Å². The molecule has 0 aliphatic heterocycles. The Balaban J connectivity index is 1.99. The molecule has 0 amide bonds. The highest BCUT2D eigenvalue weighted by Gasteiger charge is 2.23. The number of carbonyl (C=O) groups excluding carboxylic acids is 2. The molecule has 0 aromatic heterocycles. The van der Waals surface area contributed by atoms with E-state index in [2.05, 4.69) is 22.6 Å². The molecule has 1 aliphatic rings. The predicted molar refractivity (Wildman–Crippen MR) is 99.5 cm³/mol. The molecule has 1 aromatic carbocycles. The van der Waals surface area contributed by atoms with Crippen LogP contribution in [0, 0.1) is 3.57 Å². The van der Waals surface area contributed by atoms with Crippen LogP contribution < -0.4 is 0 Å². The Morgan fingerprint density at radius 1 is 0.957 bits per heavy atom. The van der Waals surface area contributed by atoms with Crippen molar-refractivity contribution in [1.82, 2.24) is 0 Å². The van der Waals surface area contributed by atoms with Gasteiger partial charge in [-0.25, -0.2) is 4.79 Å². The number of hydrogen-bond donors (Lipinski definition) is 0. The monoisotopic (exact) mass is 428 g/mol. The van der Waals surface area contributed by atoms with Crippen LogP contribution in [0.25, 0.3) is 0 Å². The van der Waals surface area contributed by atoms with Crippen molar-refractivity contribution in [2.75, 3.05) is 0 Å². The zero-order valence-corrected chi connectivity index (χ0v) is 15.7. The fourth-order valence-corrected chi connectivity index (χ4v) is 3.56. The average Bonchev–Trinajstić information content (AvgIpc) is 2.54. The smallest absolute Gasteiger partial charge is 0.339 e. The van der Waals surface area contributed by atoms with E-state index in [1.54, 1.807) is 6.07 Å². The largest absolute Gasteiger partial charge is 0.451 e. The minimum Gasteiger partial charge on any atom is -0.451 e. The van der Waals surface area contributed by atoms with Crippen LogP contribution in [0.3, 0.4) is 0 Å². The third-order valence-corrected chi connectivity index (χ3v) is 5.28. The molecule has 1 aliphatic carbocycles. The Kier molecular flexibility index (Phi) is 8.06. The number of ether oxygens (including phenoxy) is 1. The van der Waals surface area contributed by atoms with Crippen molar-refractivity contribution >= 4 is 34.3 Å². The van der Waals surface area contributed by atoms with Crippen LogP contribution >= 0.6 is 22.6 Å². The van der Waals surface area contributed by atoms with Gasteiger partial charge in [-0.2, -0.15) is 0 Å². The quantitative estimate of drug-likeness (QED) is 0.474. The summed E-state index contributed by atoms with van der Waals surface area (Å²) in [5.41, 5.74) is 0.548. The van der Waals surface area contributed by atoms with E-state index in [-0.39, 0.29) is 11.8 Å². The number of esters is 1. The fourth-order valence-electron chi connectivity index (χ4n) is 2.96. The summed E-state index contributed by atoms with van der Waals surface area (Å²) in [4.78, 5) is 24.8. The van der Waals surface area contributed by atoms with E-state index in [4.69, 9.17) is 4.74 Å². The first-order chi connectivity index (χ1) is 11.2. The minimum atomic E-state index is -0.571. The molecular weight excluding hydrogens is 403 g/mol. The molecule has 1 unspecified atom stereocenters. The van der Waals surface area contributed by atoms with Crippen molar-refractivity contribution in [2.45, 2.75) is 70.3 Å². The van der Waals surface area contributed by atoms with Gasteiger partial charge in [0.1, 0.15) is 0 Å². The van der Waals surface area contributed by atoms with Crippen molar-refractivity contribution < 1.29 is 14.3 Å². The molecule has 0 spiro atoms. The molecule has 23 heavy (non-hydrogen) atoms. The van der Waals surface area contributed by atoms with E-state index < -0.39 is 6.10 Å². The molecule has 0 heterocycles. The second kappa shape index (κ2) is 10.1. The van der Waals surface area contributed by atoms with Crippen LogP contribution in [0.5, 0.6) is 0 Å². The maximum Gasteiger partial charge on any atom is 0.339 e. The summed E-state index contributed by atoms with van der Waals surface area (Å²) < 4.78 is 6.44. The van der Waals surface area contributed by atoms with E-state index >= 15 is 0 Å². The van der Waals surface area contributed by atoms with Gasteiger partial charge in [-0.05, 0) is 54.0 Å². The van der Waals surface area contributed by atoms with E-state index in [1.807, 2.05) is 18.2 Å². The summed E-state index contributed by atoms with van der Waals surface area (Å²) in [6.45, 7) is 0. The molecule has 1 aromatic rings. The molecule has 0 N–H and O–H groups in total. The molecule has 1 saturated carbocycles. The van der Waals surface area contributed by atoms with Crippen LogP contribution in [0.1, 0.15) is 74.6 Å². The third-order valence-electron chi connectivity index (χ3n) is 4.34. The second-order valence-corrected chi connectivity index (χ2v) is 7.37. The number of halogens is 1.